The van der Waals surface area contributed by atoms with Crippen LogP contribution in [0, 0.1) is 6.92 Å². The van der Waals surface area contributed by atoms with Crippen molar-refractivity contribution in [1.29, 1.82) is 0 Å². The summed E-state index contributed by atoms with van der Waals surface area (Å²) in [5.74, 6) is 1.06. The fourth-order valence-electron chi connectivity index (χ4n) is 3.43. The number of aryl methyl sites for hydroxylation is 2. The highest BCUT2D eigenvalue weighted by Crippen LogP contribution is 2.30. The lowest BCUT2D eigenvalue weighted by Gasteiger charge is -2.10. The molecule has 1 N–H and O–H groups in total. The Bertz CT molecular complexity index is 1460. The van der Waals surface area contributed by atoms with Gasteiger partial charge in [-0.05, 0) is 55.0 Å². The average Bonchev–Trinajstić information content (AvgIpc) is 3.20. The van der Waals surface area contributed by atoms with Crippen LogP contribution in [0.5, 0.6) is 11.6 Å². The maximum absolute atomic E-state index is 12.8. The third kappa shape index (κ3) is 4.40. The second-order valence-corrected chi connectivity index (χ2v) is 7.59. The van der Waals surface area contributed by atoms with E-state index in [1.807, 2.05) is 50.4 Å². The lowest BCUT2D eigenvalue weighted by Crippen LogP contribution is -2.11. The van der Waals surface area contributed by atoms with Gasteiger partial charge < -0.3 is 10.1 Å². The van der Waals surface area contributed by atoms with E-state index in [-0.39, 0.29) is 5.91 Å². The number of rotatable bonds is 5. The molecule has 162 valence electrons. The van der Waals surface area contributed by atoms with Crippen LogP contribution in [0.1, 0.15) is 15.9 Å². The van der Waals surface area contributed by atoms with Crippen LogP contribution < -0.4 is 10.1 Å². The molecule has 0 radical (unpaired) electrons. The molecule has 0 saturated carbocycles. The van der Waals surface area contributed by atoms with Gasteiger partial charge in [0.05, 0.1) is 0 Å². The number of nitrogens with one attached hydrogen (secondary N) is 1. The van der Waals surface area contributed by atoms with Gasteiger partial charge in [-0.25, -0.2) is 4.98 Å². The third-order valence-corrected chi connectivity index (χ3v) is 4.97. The van der Waals surface area contributed by atoms with Gasteiger partial charge in [0.2, 0.25) is 5.88 Å². The average molecular weight is 436 g/mol. The molecule has 0 fully saturated rings. The monoisotopic (exact) mass is 436 g/mol. The molecule has 0 unspecified atom stereocenters. The van der Waals surface area contributed by atoms with Crippen molar-refractivity contribution in [1.82, 2.24) is 24.7 Å². The lowest BCUT2D eigenvalue weighted by atomic mass is 10.2. The predicted octanol–water partition coefficient (Wildman–Crippen LogP) is 4.78. The van der Waals surface area contributed by atoms with E-state index in [0.29, 0.717) is 34.1 Å². The van der Waals surface area contributed by atoms with Crippen LogP contribution in [0.3, 0.4) is 0 Å². The van der Waals surface area contributed by atoms with E-state index in [4.69, 9.17) is 4.74 Å². The molecular weight excluding hydrogens is 416 g/mol. The van der Waals surface area contributed by atoms with Crippen molar-refractivity contribution in [2.45, 2.75) is 6.92 Å². The molecule has 0 saturated heterocycles. The van der Waals surface area contributed by atoms with E-state index in [2.05, 4.69) is 25.4 Å². The lowest BCUT2D eigenvalue weighted by molar-refractivity contribution is 0.102. The molecule has 3 aromatic heterocycles. The molecular formula is C25H20N6O2. The molecule has 0 bridgehead atoms. The number of ether oxygens (including phenoxy) is 1. The number of pyridine rings is 1. The largest absolute Gasteiger partial charge is 0.438 e. The van der Waals surface area contributed by atoms with Gasteiger partial charge >= 0.3 is 0 Å². The Morgan fingerprint density at radius 3 is 2.73 bits per heavy atom. The Balaban J connectivity index is 1.47. The summed E-state index contributed by atoms with van der Waals surface area (Å²) in [5, 5.41) is 7.98. The number of anilines is 1. The van der Waals surface area contributed by atoms with E-state index in [1.54, 1.807) is 47.5 Å². The smallest absolute Gasteiger partial charge is 0.255 e. The number of nitrogens with zero attached hydrogens (tertiary/aromatic N) is 5. The quantitative estimate of drug-likeness (QED) is 0.426. The van der Waals surface area contributed by atoms with Gasteiger partial charge in [0.15, 0.2) is 11.5 Å². The number of benzene rings is 2. The molecule has 5 rings (SSSR count). The molecule has 8 heteroatoms. The summed E-state index contributed by atoms with van der Waals surface area (Å²) in [6.07, 6.45) is 5.17. The van der Waals surface area contributed by atoms with E-state index < -0.39 is 0 Å². The van der Waals surface area contributed by atoms with Gasteiger partial charge in [0.1, 0.15) is 11.1 Å². The van der Waals surface area contributed by atoms with Crippen LogP contribution >= 0.6 is 0 Å². The minimum Gasteiger partial charge on any atom is -0.438 e. The van der Waals surface area contributed by atoms with Crippen molar-refractivity contribution in [3.05, 3.63) is 90.4 Å². The Morgan fingerprint density at radius 1 is 1.03 bits per heavy atom. The Morgan fingerprint density at radius 2 is 1.91 bits per heavy atom. The highest BCUT2D eigenvalue weighted by Gasteiger charge is 2.15. The highest BCUT2D eigenvalue weighted by atomic mass is 16.5. The first-order valence-electron chi connectivity index (χ1n) is 10.3. The van der Waals surface area contributed by atoms with E-state index in [9.17, 15) is 4.79 Å². The zero-order valence-electron chi connectivity index (χ0n) is 18.1. The van der Waals surface area contributed by atoms with E-state index >= 15 is 0 Å². The fourth-order valence-corrected chi connectivity index (χ4v) is 3.43. The molecule has 0 aliphatic carbocycles. The van der Waals surface area contributed by atoms with Crippen LogP contribution in [0.25, 0.3) is 22.4 Å². The molecule has 0 aliphatic heterocycles. The molecule has 3 heterocycles. The van der Waals surface area contributed by atoms with Gasteiger partial charge in [0.25, 0.3) is 5.91 Å². The van der Waals surface area contributed by atoms with Gasteiger partial charge in [-0.3, -0.25) is 14.5 Å². The number of aromatic nitrogens is 5. The van der Waals surface area contributed by atoms with Crippen molar-refractivity contribution in [2.24, 2.45) is 7.05 Å². The van der Waals surface area contributed by atoms with Gasteiger partial charge in [0, 0.05) is 42.5 Å². The SMILES string of the molecule is Cc1cccc(NC(=O)c2cccc(Oc3nc(-c4cccnc4)nc4nn(C)cc34)c2)c1. The fraction of sp³-hybridized carbons (Fsp3) is 0.0800. The first kappa shape index (κ1) is 20.3. The summed E-state index contributed by atoms with van der Waals surface area (Å²) in [6.45, 7) is 1.98. The molecule has 0 spiro atoms. The molecule has 5 aromatic rings. The zero-order valence-corrected chi connectivity index (χ0v) is 18.1. The Labute approximate surface area is 189 Å². The van der Waals surface area contributed by atoms with Crippen molar-refractivity contribution in [2.75, 3.05) is 5.32 Å². The van der Waals surface area contributed by atoms with Gasteiger partial charge in [-0.15, -0.1) is 0 Å². The molecule has 33 heavy (non-hydrogen) atoms. The first-order valence-corrected chi connectivity index (χ1v) is 10.3. The van der Waals surface area contributed by atoms with Crippen LogP contribution in [0.2, 0.25) is 0 Å². The maximum atomic E-state index is 12.8. The first-order chi connectivity index (χ1) is 16.0. The standard InChI is InChI=1S/C25H20N6O2/c1-16-6-3-9-19(12-16)27-24(32)17-7-4-10-20(13-17)33-25-21-15-31(2)30-23(21)28-22(29-25)18-8-5-11-26-14-18/h3-15H,1-2H3,(H,27,32). The predicted molar refractivity (Wildman–Crippen MR) is 125 cm³/mol. The molecule has 2 aromatic carbocycles. The van der Waals surface area contributed by atoms with Crippen LogP contribution in [0.15, 0.2) is 79.3 Å². The molecule has 8 nitrogen and oxygen atoms in total. The number of carbonyl (C=O) groups is 1. The summed E-state index contributed by atoms with van der Waals surface area (Å²) in [7, 11) is 1.81. The minimum absolute atomic E-state index is 0.226. The number of fused-ring (bicyclic) bond motifs is 1. The summed E-state index contributed by atoms with van der Waals surface area (Å²) in [6, 6.07) is 18.3. The van der Waals surface area contributed by atoms with Gasteiger partial charge in [-0.1, -0.05) is 18.2 Å². The number of amides is 1. The van der Waals surface area contributed by atoms with E-state index in [1.165, 1.54) is 0 Å². The molecule has 0 aliphatic rings. The Kier molecular flexibility index (Phi) is 5.24. The van der Waals surface area contributed by atoms with Crippen molar-refractivity contribution in [3.63, 3.8) is 0 Å². The van der Waals surface area contributed by atoms with Crippen LogP contribution in [-0.2, 0) is 7.05 Å². The van der Waals surface area contributed by atoms with Crippen LogP contribution in [-0.4, -0.2) is 30.6 Å². The number of carbonyl (C=O) groups excluding carboxylic acids is 1. The zero-order chi connectivity index (χ0) is 22.8. The van der Waals surface area contributed by atoms with Crippen molar-refractivity contribution >= 4 is 22.6 Å². The normalized spacial score (nSPS) is 10.8. The molecule has 1 amide bonds. The Hall–Kier alpha value is -4.59. The number of hydrogen-bond donors (Lipinski definition) is 1. The minimum atomic E-state index is -0.226. The summed E-state index contributed by atoms with van der Waals surface area (Å²) in [5.41, 5.74) is 3.53. The topological polar surface area (TPSA) is 94.8 Å². The highest BCUT2D eigenvalue weighted by molar-refractivity contribution is 6.04. The van der Waals surface area contributed by atoms with Crippen LogP contribution in [0.4, 0.5) is 5.69 Å². The van der Waals surface area contributed by atoms with Gasteiger partial charge in [-0.2, -0.15) is 10.1 Å². The summed E-state index contributed by atoms with van der Waals surface area (Å²) < 4.78 is 7.78. The maximum Gasteiger partial charge on any atom is 0.255 e. The summed E-state index contributed by atoms with van der Waals surface area (Å²) >= 11 is 0. The molecule has 0 atom stereocenters. The summed E-state index contributed by atoms with van der Waals surface area (Å²) in [4.78, 5) is 26.1. The number of hydrogen-bond acceptors (Lipinski definition) is 6. The van der Waals surface area contributed by atoms with Crippen molar-refractivity contribution < 1.29 is 9.53 Å². The second kappa shape index (κ2) is 8.51. The third-order valence-electron chi connectivity index (χ3n) is 4.97. The van der Waals surface area contributed by atoms with Crippen molar-refractivity contribution in [3.8, 4) is 23.0 Å². The second-order valence-electron chi connectivity index (χ2n) is 7.59. The van der Waals surface area contributed by atoms with E-state index in [0.717, 1.165) is 16.8 Å².